The molecule has 2 fully saturated rings. The molecule has 0 radical (unpaired) electrons. The van der Waals surface area contributed by atoms with Crippen molar-refractivity contribution in [2.45, 2.75) is 25.8 Å². The van der Waals surface area contributed by atoms with E-state index in [1.807, 2.05) is 13.0 Å². The van der Waals surface area contributed by atoms with Gasteiger partial charge in [0.2, 0.25) is 10.0 Å². The SMILES string of the molecule is CNS(=O)(=O)CCN1CCCC(C2CN(c3cnc4c(C#N)nn([C@H](C)c5ccc(Cl)cc5Cl)c4n3)C2)C1. The zero-order valence-electron chi connectivity index (χ0n) is 21.3. The van der Waals surface area contributed by atoms with Gasteiger partial charge in [0.1, 0.15) is 17.4 Å². The number of piperidine rings is 1. The first kappa shape index (κ1) is 27.1. The number of aromatic nitrogens is 4. The number of rotatable bonds is 8. The van der Waals surface area contributed by atoms with Gasteiger partial charge in [0.05, 0.1) is 18.0 Å². The molecule has 1 unspecified atom stereocenters. The number of hydrogen-bond donors (Lipinski definition) is 1. The molecule has 0 bridgehead atoms. The average Bonchev–Trinajstić information content (AvgIpc) is 3.25. The summed E-state index contributed by atoms with van der Waals surface area (Å²) in [7, 11) is -1.74. The van der Waals surface area contributed by atoms with E-state index in [1.54, 1.807) is 23.0 Å². The van der Waals surface area contributed by atoms with Crippen LogP contribution in [0.25, 0.3) is 11.2 Å². The Morgan fingerprint density at radius 3 is 2.74 bits per heavy atom. The quantitative estimate of drug-likeness (QED) is 0.433. The van der Waals surface area contributed by atoms with Crippen LogP contribution in [0, 0.1) is 23.2 Å². The molecular weight excluding hydrogens is 547 g/mol. The number of fused-ring (bicyclic) bond motifs is 1. The van der Waals surface area contributed by atoms with Crippen LogP contribution in [0.5, 0.6) is 0 Å². The number of nitrogens with one attached hydrogen (secondary N) is 1. The third-order valence-electron chi connectivity index (χ3n) is 7.71. The minimum absolute atomic E-state index is 0.126. The largest absolute Gasteiger partial charge is 0.355 e. The van der Waals surface area contributed by atoms with Gasteiger partial charge in [0.15, 0.2) is 11.3 Å². The summed E-state index contributed by atoms with van der Waals surface area (Å²) in [5.74, 6) is 1.92. The molecule has 13 heteroatoms. The normalized spacial score (nSPS) is 19.9. The summed E-state index contributed by atoms with van der Waals surface area (Å²) in [4.78, 5) is 13.9. The lowest BCUT2D eigenvalue weighted by Gasteiger charge is -2.47. The monoisotopic (exact) mass is 576 g/mol. The molecule has 0 spiro atoms. The van der Waals surface area contributed by atoms with Gasteiger partial charge in [-0.1, -0.05) is 29.3 Å². The number of nitriles is 1. The van der Waals surface area contributed by atoms with Crippen LogP contribution in [-0.4, -0.2) is 78.6 Å². The molecule has 202 valence electrons. The lowest BCUT2D eigenvalue weighted by atomic mass is 9.80. The van der Waals surface area contributed by atoms with Crippen molar-refractivity contribution in [3.63, 3.8) is 0 Å². The molecule has 38 heavy (non-hydrogen) atoms. The van der Waals surface area contributed by atoms with E-state index in [1.165, 1.54) is 7.05 Å². The predicted molar refractivity (Wildman–Crippen MR) is 148 cm³/mol. The van der Waals surface area contributed by atoms with E-state index in [0.29, 0.717) is 39.6 Å². The zero-order chi connectivity index (χ0) is 27.0. The van der Waals surface area contributed by atoms with Crippen LogP contribution >= 0.6 is 23.2 Å². The van der Waals surface area contributed by atoms with Crippen LogP contribution in [0.1, 0.15) is 37.1 Å². The van der Waals surface area contributed by atoms with Gasteiger partial charge < -0.3 is 9.80 Å². The highest BCUT2D eigenvalue weighted by molar-refractivity contribution is 7.89. The maximum absolute atomic E-state index is 11.8. The van der Waals surface area contributed by atoms with Crippen LogP contribution in [0.2, 0.25) is 10.0 Å². The van der Waals surface area contributed by atoms with E-state index in [2.05, 4.69) is 30.7 Å². The number of likely N-dealkylation sites (tertiary alicyclic amines) is 1. The van der Waals surface area contributed by atoms with Gasteiger partial charge in [-0.3, -0.25) is 0 Å². The van der Waals surface area contributed by atoms with E-state index < -0.39 is 10.0 Å². The van der Waals surface area contributed by atoms with E-state index in [0.717, 1.165) is 50.4 Å². The topological polar surface area (TPSA) is 120 Å². The van der Waals surface area contributed by atoms with Gasteiger partial charge in [0, 0.05) is 36.2 Å². The predicted octanol–water partition coefficient (Wildman–Crippen LogP) is 3.31. The number of nitrogens with zero attached hydrogens (tertiary/aromatic N) is 7. The molecule has 1 aromatic carbocycles. The van der Waals surface area contributed by atoms with Crippen molar-refractivity contribution in [2.75, 3.05) is 50.4 Å². The number of anilines is 1. The number of halogens is 2. The molecule has 10 nitrogen and oxygen atoms in total. The number of hydrogen-bond acceptors (Lipinski definition) is 8. The Kier molecular flexibility index (Phi) is 7.80. The van der Waals surface area contributed by atoms with Crippen molar-refractivity contribution in [3.8, 4) is 6.07 Å². The minimum atomic E-state index is -3.20. The molecule has 2 atom stereocenters. The summed E-state index contributed by atoms with van der Waals surface area (Å²) < 4.78 is 27.7. The van der Waals surface area contributed by atoms with Gasteiger partial charge in [-0.15, -0.1) is 0 Å². The van der Waals surface area contributed by atoms with E-state index >= 15 is 0 Å². The Labute approximate surface area is 232 Å². The fraction of sp³-hybridized carbons (Fsp3) is 0.520. The van der Waals surface area contributed by atoms with Gasteiger partial charge in [-0.05, 0) is 62.9 Å². The van der Waals surface area contributed by atoms with Gasteiger partial charge in [-0.2, -0.15) is 10.4 Å². The van der Waals surface area contributed by atoms with Gasteiger partial charge in [-0.25, -0.2) is 27.8 Å². The fourth-order valence-corrected chi connectivity index (χ4v) is 6.67. The molecule has 0 amide bonds. The van der Waals surface area contributed by atoms with Crippen LogP contribution < -0.4 is 9.62 Å². The summed E-state index contributed by atoms with van der Waals surface area (Å²) in [6, 6.07) is 7.17. The fourth-order valence-electron chi connectivity index (χ4n) is 5.40. The molecular formula is C25H30Cl2N8O2S. The van der Waals surface area contributed by atoms with Crippen LogP contribution in [-0.2, 0) is 10.0 Å². The molecule has 5 rings (SSSR count). The summed E-state index contributed by atoms with van der Waals surface area (Å²) in [5.41, 5.74) is 2.05. The summed E-state index contributed by atoms with van der Waals surface area (Å²) >= 11 is 12.5. The number of sulfonamides is 1. The molecule has 4 heterocycles. The van der Waals surface area contributed by atoms with E-state index in [9.17, 15) is 13.7 Å². The molecule has 1 N–H and O–H groups in total. The third kappa shape index (κ3) is 5.46. The first-order chi connectivity index (χ1) is 18.2. The summed E-state index contributed by atoms with van der Waals surface area (Å²) in [6.45, 7) is 6.10. The van der Waals surface area contributed by atoms with Crippen molar-refractivity contribution in [2.24, 2.45) is 11.8 Å². The smallest absolute Gasteiger partial charge is 0.212 e. The van der Waals surface area contributed by atoms with Crippen LogP contribution in [0.15, 0.2) is 24.4 Å². The average molecular weight is 578 g/mol. The minimum Gasteiger partial charge on any atom is -0.355 e. The van der Waals surface area contributed by atoms with Crippen LogP contribution in [0.4, 0.5) is 5.82 Å². The van der Waals surface area contributed by atoms with Crippen molar-refractivity contribution in [3.05, 3.63) is 45.7 Å². The first-order valence-corrected chi connectivity index (χ1v) is 15.1. The first-order valence-electron chi connectivity index (χ1n) is 12.7. The molecule has 2 saturated heterocycles. The molecule has 2 aliphatic rings. The maximum Gasteiger partial charge on any atom is 0.212 e. The van der Waals surface area contributed by atoms with Crippen molar-refractivity contribution >= 4 is 50.2 Å². The third-order valence-corrected chi connectivity index (χ3v) is 9.61. The Balaban J connectivity index is 1.30. The second kappa shape index (κ2) is 10.9. The van der Waals surface area contributed by atoms with Gasteiger partial charge >= 0.3 is 0 Å². The standard InChI is InChI=1S/C25H30Cl2N8O2S/c1-16(20-6-5-19(26)10-21(20)27)35-25-24(22(11-28)32-35)30-12-23(31-25)34-14-18(15-34)17-4-3-7-33(13-17)8-9-38(36,37)29-2/h5-6,10,12,16-18,29H,3-4,7-9,13-15H2,1-2H3/t16-,17?/m1/s1. The number of benzene rings is 1. The van der Waals surface area contributed by atoms with Gasteiger partial charge in [0.25, 0.3) is 0 Å². The second-order valence-electron chi connectivity index (χ2n) is 10.0. The molecule has 2 aromatic heterocycles. The second-order valence-corrected chi connectivity index (χ2v) is 12.9. The Morgan fingerprint density at radius 1 is 1.24 bits per heavy atom. The summed E-state index contributed by atoms with van der Waals surface area (Å²) in [6.07, 6.45) is 3.94. The Morgan fingerprint density at radius 2 is 2.03 bits per heavy atom. The molecule has 0 aliphatic carbocycles. The molecule has 0 saturated carbocycles. The van der Waals surface area contributed by atoms with Crippen molar-refractivity contribution < 1.29 is 8.42 Å². The van der Waals surface area contributed by atoms with E-state index in [4.69, 9.17) is 28.2 Å². The molecule has 3 aromatic rings. The lowest BCUT2D eigenvalue weighted by molar-refractivity contribution is 0.125. The summed E-state index contributed by atoms with van der Waals surface area (Å²) in [5, 5.41) is 15.2. The van der Waals surface area contributed by atoms with Crippen molar-refractivity contribution in [1.82, 2.24) is 29.4 Å². The highest BCUT2D eigenvalue weighted by Gasteiger charge is 2.37. The maximum atomic E-state index is 11.8. The van der Waals surface area contributed by atoms with Crippen molar-refractivity contribution in [1.29, 1.82) is 5.26 Å². The Hall–Kier alpha value is -2.49. The molecule has 2 aliphatic heterocycles. The Bertz CT molecular complexity index is 1480. The zero-order valence-corrected chi connectivity index (χ0v) is 23.6. The van der Waals surface area contributed by atoms with Crippen LogP contribution in [0.3, 0.4) is 0 Å². The van der Waals surface area contributed by atoms with E-state index in [-0.39, 0.29) is 17.5 Å². The highest BCUT2D eigenvalue weighted by atomic mass is 35.5. The lowest BCUT2D eigenvalue weighted by Crippen LogP contribution is -2.54. The highest BCUT2D eigenvalue weighted by Crippen LogP contribution is 2.35.